The van der Waals surface area contributed by atoms with Gasteiger partial charge in [0.2, 0.25) is 0 Å². The molecule has 8 nitrogen and oxygen atoms in total. The van der Waals surface area contributed by atoms with Crippen molar-refractivity contribution < 1.29 is 0 Å². The maximum absolute atomic E-state index is 5.51. The predicted molar refractivity (Wildman–Crippen MR) is 326 cm³/mol. The molecule has 4 heterocycles. The molecule has 0 saturated heterocycles. The van der Waals surface area contributed by atoms with E-state index in [2.05, 4.69) is 206 Å². The number of para-hydroxylation sites is 4. The summed E-state index contributed by atoms with van der Waals surface area (Å²) in [7, 11) is -4.34. The van der Waals surface area contributed by atoms with E-state index in [9.17, 15) is 0 Å². The summed E-state index contributed by atoms with van der Waals surface area (Å²) in [6.45, 7) is 9.85. The van der Waals surface area contributed by atoms with E-state index in [1.807, 2.05) is 72.8 Å². The van der Waals surface area contributed by atoms with Crippen molar-refractivity contribution in [1.82, 2.24) is 29.9 Å². The van der Waals surface area contributed by atoms with Crippen LogP contribution in [0.3, 0.4) is 0 Å². The molecule has 372 valence electrons. The molecular weight excluding hydrogens is 985 g/mol. The minimum atomic E-state index is -2.17. The third-order valence-electron chi connectivity index (χ3n) is 15.7. The van der Waals surface area contributed by atoms with Crippen LogP contribution in [0.1, 0.15) is 0 Å². The van der Waals surface area contributed by atoms with Gasteiger partial charge in [-0.1, -0.05) is 220 Å². The van der Waals surface area contributed by atoms with Gasteiger partial charge in [-0.3, -0.25) is 0 Å². The minimum Gasteiger partial charge on any atom is -0.311 e. The molecule has 2 aliphatic heterocycles. The van der Waals surface area contributed by atoms with Crippen molar-refractivity contribution in [2.24, 2.45) is 0 Å². The van der Waals surface area contributed by atoms with Gasteiger partial charge in [-0.25, -0.2) is 29.9 Å². The summed E-state index contributed by atoms with van der Waals surface area (Å²) in [4.78, 5) is 37.3. The van der Waals surface area contributed by atoms with Crippen LogP contribution < -0.4 is 30.5 Å². The molecule has 0 radical (unpaired) electrons. The normalized spacial score (nSPS) is 13.8. The monoisotopic (exact) mass is 1040 g/mol. The number of benzene rings is 10. The van der Waals surface area contributed by atoms with Crippen LogP contribution >= 0.6 is 0 Å². The molecule has 0 spiro atoms. The number of rotatable bonds is 8. The van der Waals surface area contributed by atoms with E-state index in [0.717, 1.165) is 78.3 Å². The molecule has 78 heavy (non-hydrogen) atoms. The first-order valence-electron chi connectivity index (χ1n) is 26.5. The third kappa shape index (κ3) is 7.87. The zero-order valence-electron chi connectivity index (χ0n) is 43.7. The molecule has 0 amide bonds. The molecule has 0 N–H and O–H groups in total. The molecule has 0 bridgehead atoms. The van der Waals surface area contributed by atoms with E-state index in [4.69, 9.17) is 29.9 Å². The maximum atomic E-state index is 5.51. The van der Waals surface area contributed by atoms with Crippen LogP contribution in [0.15, 0.2) is 243 Å². The first kappa shape index (κ1) is 47.0. The highest BCUT2D eigenvalue weighted by molar-refractivity contribution is 7.03. The lowest BCUT2D eigenvalue weighted by Crippen LogP contribution is -2.58. The van der Waals surface area contributed by atoms with Gasteiger partial charge in [-0.2, -0.15) is 0 Å². The van der Waals surface area contributed by atoms with Crippen molar-refractivity contribution in [3.63, 3.8) is 0 Å². The van der Waals surface area contributed by atoms with Crippen LogP contribution in [-0.4, -0.2) is 46.1 Å². The summed E-state index contributed by atoms with van der Waals surface area (Å²) < 4.78 is 0. The van der Waals surface area contributed by atoms with E-state index in [1.54, 1.807) is 0 Å². The highest BCUT2D eigenvalue weighted by Gasteiger charge is 2.40. The summed E-state index contributed by atoms with van der Waals surface area (Å²) >= 11 is 0. The quantitative estimate of drug-likeness (QED) is 0.139. The molecule has 2 aliphatic rings. The first-order valence-corrected chi connectivity index (χ1v) is 32.5. The number of hydrogen-bond acceptors (Lipinski definition) is 8. The van der Waals surface area contributed by atoms with Gasteiger partial charge in [0, 0.05) is 67.5 Å². The largest absolute Gasteiger partial charge is 0.311 e. The Bertz CT molecular complexity index is 3800. The van der Waals surface area contributed by atoms with Crippen molar-refractivity contribution in [2.45, 2.75) is 26.2 Å². The van der Waals surface area contributed by atoms with Crippen LogP contribution in [0, 0.1) is 0 Å². The molecule has 0 unspecified atom stereocenters. The average molecular weight is 1040 g/mol. The van der Waals surface area contributed by atoms with Crippen LogP contribution in [0.25, 0.3) is 79.1 Å². The summed E-state index contributed by atoms with van der Waals surface area (Å²) in [6.07, 6.45) is 0. The van der Waals surface area contributed by atoms with E-state index >= 15 is 0 Å². The lowest BCUT2D eigenvalue weighted by Gasteiger charge is -2.41. The molecular formula is C68H52N8Si2. The smallest absolute Gasteiger partial charge is 0.164 e. The Hall–Kier alpha value is -9.49. The van der Waals surface area contributed by atoms with Crippen LogP contribution in [0.4, 0.5) is 34.1 Å². The number of hydrogen-bond donors (Lipinski definition) is 0. The molecule has 2 aromatic heterocycles. The molecule has 14 rings (SSSR count). The molecule has 0 atom stereocenters. The first-order chi connectivity index (χ1) is 38.2. The standard InChI is InChI=1S/C68H52N8Si2/c1-77(2)59-37-21-17-33-55(59)75(56-34-18-22-38-60(56)77)49-41-51-52(53(43-49)67-71-63(45-25-9-5-10-26-45)69-64(72-67)46-27-11-6-12-28-46)42-50(76-57-35-19-23-39-61(57)78(3,4)62-40-24-20-36-58(62)76)44-54(51)68-73-65(47-29-13-7-14-30-47)70-66(74-68)48-31-15-8-16-32-48/h5-44H,1-4H3. The average Bonchev–Trinajstić information content (AvgIpc) is 3.69. The van der Waals surface area contributed by atoms with E-state index < -0.39 is 16.1 Å². The van der Waals surface area contributed by atoms with Crippen molar-refractivity contribution >= 4 is 81.8 Å². The lowest BCUT2D eigenvalue weighted by atomic mass is 9.95. The highest BCUT2D eigenvalue weighted by atomic mass is 28.3. The van der Waals surface area contributed by atoms with Crippen LogP contribution in [0.5, 0.6) is 0 Å². The Morgan fingerprint density at radius 3 is 0.756 bits per heavy atom. The summed E-state index contributed by atoms with van der Waals surface area (Å²) in [5.74, 6) is 3.42. The van der Waals surface area contributed by atoms with Gasteiger partial charge >= 0.3 is 0 Å². The Labute approximate surface area is 456 Å². The van der Waals surface area contributed by atoms with Gasteiger partial charge in [0.05, 0.1) is 0 Å². The Morgan fingerprint density at radius 1 is 0.256 bits per heavy atom. The molecule has 0 saturated carbocycles. The second-order valence-electron chi connectivity index (χ2n) is 21.1. The fourth-order valence-electron chi connectivity index (χ4n) is 11.8. The van der Waals surface area contributed by atoms with Crippen molar-refractivity contribution in [1.29, 1.82) is 0 Å². The van der Waals surface area contributed by atoms with Gasteiger partial charge in [0.25, 0.3) is 0 Å². The summed E-state index contributed by atoms with van der Waals surface area (Å²) in [6, 6.07) is 86.0. The van der Waals surface area contributed by atoms with Gasteiger partial charge < -0.3 is 9.80 Å². The van der Waals surface area contributed by atoms with E-state index in [-0.39, 0.29) is 0 Å². The Morgan fingerprint density at radius 2 is 0.487 bits per heavy atom. The van der Waals surface area contributed by atoms with Gasteiger partial charge in [0.15, 0.2) is 34.9 Å². The van der Waals surface area contributed by atoms with Crippen molar-refractivity contribution in [3.8, 4) is 68.3 Å². The summed E-state index contributed by atoms with van der Waals surface area (Å²) in [5.41, 5.74) is 11.8. The zero-order valence-corrected chi connectivity index (χ0v) is 45.7. The number of fused-ring (bicyclic) bond motifs is 5. The molecule has 10 heteroatoms. The second-order valence-corrected chi connectivity index (χ2v) is 29.8. The fraction of sp³-hybridized carbons (Fsp3) is 0.0588. The number of aromatic nitrogens is 6. The van der Waals surface area contributed by atoms with Crippen LogP contribution in [-0.2, 0) is 0 Å². The van der Waals surface area contributed by atoms with E-state index in [0.29, 0.717) is 34.9 Å². The maximum Gasteiger partial charge on any atom is 0.164 e. The molecule has 10 aromatic carbocycles. The minimum absolute atomic E-state index is 0.546. The topological polar surface area (TPSA) is 83.8 Å². The number of nitrogens with zero attached hydrogens (tertiary/aromatic N) is 8. The molecule has 12 aromatic rings. The predicted octanol–water partition coefficient (Wildman–Crippen LogP) is 14.4. The van der Waals surface area contributed by atoms with Crippen molar-refractivity contribution in [3.05, 3.63) is 243 Å². The van der Waals surface area contributed by atoms with Crippen molar-refractivity contribution in [2.75, 3.05) is 9.80 Å². The third-order valence-corrected chi connectivity index (χ3v) is 22.8. The lowest BCUT2D eigenvalue weighted by molar-refractivity contribution is 1.07. The zero-order chi connectivity index (χ0) is 52.5. The summed E-state index contributed by atoms with van der Waals surface area (Å²) in [5, 5.41) is 7.33. The second kappa shape index (κ2) is 18.7. The highest BCUT2D eigenvalue weighted by Crippen LogP contribution is 2.48. The fourth-order valence-corrected chi connectivity index (χ4v) is 17.8. The molecule has 0 aliphatic carbocycles. The molecule has 0 fully saturated rings. The SMILES string of the molecule is C[Si]1(C)c2ccccc2N(c2cc(-c3nc(-c4ccccc4)nc(-c4ccccc4)n3)c3cc(N4c5ccccc5[Si](C)(C)c5ccccc54)cc(-c4nc(-c5ccccc5)nc(-c5ccccc5)n4)c3c2)c2ccccc21. The Balaban J connectivity index is 1.15. The number of anilines is 6. The Kier molecular flexibility index (Phi) is 11.2. The van der Waals surface area contributed by atoms with Gasteiger partial charge in [-0.05, 0) is 80.1 Å². The van der Waals surface area contributed by atoms with Crippen LogP contribution in [0.2, 0.25) is 26.2 Å². The van der Waals surface area contributed by atoms with Gasteiger partial charge in [-0.15, -0.1) is 0 Å². The van der Waals surface area contributed by atoms with E-state index in [1.165, 1.54) is 20.7 Å². The van der Waals surface area contributed by atoms with Gasteiger partial charge in [0.1, 0.15) is 16.1 Å².